The van der Waals surface area contributed by atoms with Gasteiger partial charge in [-0.3, -0.25) is 9.59 Å². The minimum Gasteiger partial charge on any atom is -0.481 e. The van der Waals surface area contributed by atoms with Crippen LogP contribution < -0.4 is 0 Å². The predicted molar refractivity (Wildman–Crippen MR) is 174 cm³/mol. The first-order chi connectivity index (χ1) is 22.6. The van der Waals surface area contributed by atoms with Crippen LogP contribution in [0.5, 0.6) is 0 Å². The molecule has 14 nitrogen and oxygen atoms in total. The van der Waals surface area contributed by atoms with Crippen molar-refractivity contribution < 1.29 is 62.4 Å². The number of carbonyl (C=O) groups is 2. The summed E-state index contributed by atoms with van der Waals surface area (Å²) in [4.78, 5) is 26.5. The summed E-state index contributed by atoms with van der Waals surface area (Å²) >= 11 is 0. The molecule has 0 aliphatic carbocycles. The van der Waals surface area contributed by atoms with Crippen LogP contribution in [0.3, 0.4) is 0 Å². The molecule has 0 saturated heterocycles. The molecule has 2 N–H and O–H groups in total. The van der Waals surface area contributed by atoms with Crippen LogP contribution >= 0.6 is 0 Å². The number of nitrogens with zero attached hydrogens (tertiary/aromatic N) is 1. The Bertz CT molecular complexity index is 797. The maximum atomic E-state index is 13.4. The van der Waals surface area contributed by atoms with Gasteiger partial charge in [0, 0.05) is 52.7 Å². The average molecular weight is 684 g/mol. The summed E-state index contributed by atoms with van der Waals surface area (Å²) < 4.78 is 57.6. The Balaban J connectivity index is 8.37. The Morgan fingerprint density at radius 1 is 0.596 bits per heavy atom. The summed E-state index contributed by atoms with van der Waals surface area (Å²) in [6.07, 6.45) is 2.54. The number of carboxylic acid groups (broad SMARTS) is 2. The van der Waals surface area contributed by atoms with Gasteiger partial charge in [0.25, 0.3) is 5.91 Å². The van der Waals surface area contributed by atoms with Gasteiger partial charge in [0.1, 0.15) is 6.04 Å². The number of carboxylic acids is 2. The molecule has 0 amide bonds. The first-order valence-electron chi connectivity index (χ1n) is 17.5. The lowest BCUT2D eigenvalue weighted by Crippen LogP contribution is -2.81. The molecule has 0 radical (unpaired) electrons. The Morgan fingerprint density at radius 2 is 1.09 bits per heavy atom. The molecule has 1 unspecified atom stereocenters. The van der Waals surface area contributed by atoms with Crippen molar-refractivity contribution in [1.29, 1.82) is 0 Å². The van der Waals surface area contributed by atoms with Gasteiger partial charge in [0.2, 0.25) is 6.29 Å². The predicted octanol–water partition coefficient (Wildman–Crippen LogP) is 5.56. The van der Waals surface area contributed by atoms with Crippen molar-refractivity contribution in [2.75, 3.05) is 59.5 Å². The molecule has 0 spiro atoms. The molecule has 0 saturated carbocycles. The number of hydrogen-bond donors (Lipinski definition) is 2. The molecule has 0 fully saturated rings. The second-order valence-corrected chi connectivity index (χ2v) is 10.4. The second-order valence-electron chi connectivity index (χ2n) is 10.4. The number of rotatable bonds is 33. The second kappa shape index (κ2) is 25.5. The van der Waals surface area contributed by atoms with Gasteiger partial charge in [-0.05, 0) is 67.7 Å². The Morgan fingerprint density at radius 3 is 1.49 bits per heavy atom. The van der Waals surface area contributed by atoms with E-state index in [1.807, 2.05) is 0 Å². The quantitative estimate of drug-likeness (QED) is 0.0653. The Hall–Kier alpha value is -1.46. The van der Waals surface area contributed by atoms with Crippen molar-refractivity contribution in [3.05, 3.63) is 0 Å². The minimum atomic E-state index is -2.39. The fourth-order valence-electron chi connectivity index (χ4n) is 5.28. The minimum absolute atomic E-state index is 0.00831. The number of hydrogen-bond acceptors (Lipinski definition) is 12. The molecular weight excluding hydrogens is 618 g/mol. The average Bonchev–Trinajstić information content (AvgIpc) is 3.02. The molecule has 0 aliphatic heterocycles. The molecule has 0 rings (SSSR count). The fraction of sp³-hybridized carbons (Fsp3) is 0.939. The molecule has 47 heavy (non-hydrogen) atoms. The van der Waals surface area contributed by atoms with Gasteiger partial charge in [0.05, 0.1) is 13.2 Å². The maximum absolute atomic E-state index is 13.4. The van der Waals surface area contributed by atoms with Crippen LogP contribution in [0.15, 0.2) is 0 Å². The number of ether oxygens (including phenoxy) is 9. The summed E-state index contributed by atoms with van der Waals surface area (Å²) in [6, 6.07) is -1.70. The van der Waals surface area contributed by atoms with Gasteiger partial charge in [-0.2, -0.15) is 4.90 Å². The third-order valence-electron chi connectivity index (χ3n) is 6.99. The van der Waals surface area contributed by atoms with Crippen molar-refractivity contribution in [1.82, 2.24) is 4.90 Å². The van der Waals surface area contributed by atoms with Crippen molar-refractivity contribution >= 4 is 11.9 Å². The van der Waals surface area contributed by atoms with Crippen LogP contribution in [0.2, 0.25) is 0 Å². The molecule has 0 aromatic heterocycles. The van der Waals surface area contributed by atoms with Crippen LogP contribution in [0.1, 0.15) is 114 Å². The van der Waals surface area contributed by atoms with E-state index >= 15 is 0 Å². The van der Waals surface area contributed by atoms with Crippen molar-refractivity contribution in [3.8, 4) is 0 Å². The van der Waals surface area contributed by atoms with Gasteiger partial charge in [-0.15, -0.1) is 0 Å². The molecule has 0 aliphatic rings. The van der Waals surface area contributed by atoms with Gasteiger partial charge in [-0.1, -0.05) is 39.5 Å². The van der Waals surface area contributed by atoms with Crippen molar-refractivity contribution in [2.24, 2.45) is 0 Å². The summed E-state index contributed by atoms with van der Waals surface area (Å²) in [6.45, 7) is 16.6. The third-order valence-corrected chi connectivity index (χ3v) is 6.99. The van der Waals surface area contributed by atoms with Gasteiger partial charge < -0.3 is 52.8 Å². The first-order valence-corrected chi connectivity index (χ1v) is 17.5. The van der Waals surface area contributed by atoms with Crippen molar-refractivity contribution in [3.63, 3.8) is 0 Å². The van der Waals surface area contributed by atoms with Gasteiger partial charge >= 0.3 is 23.8 Å². The van der Waals surface area contributed by atoms with E-state index in [2.05, 4.69) is 13.8 Å². The standard InChI is InChI=1S/C33H65NO13/c1-10-19-21-25-40-30(39-12-3)31(41-13-4,42-14-5)34(27(29(37)38)23-24-28(35)36)32(43-15-6,44-16-7)33(45-17-8,46-18-9)47-26-22-20-11-2/h27,30H,10-26H2,1-9H3,(H,35,36)(H,37,38)/t27-,30?/m0/s1. The first kappa shape index (κ1) is 45.5. The highest BCUT2D eigenvalue weighted by Crippen LogP contribution is 2.46. The normalized spacial score (nSPS) is 14.1. The zero-order chi connectivity index (χ0) is 35.8. The summed E-state index contributed by atoms with van der Waals surface area (Å²) in [5.41, 5.74) is 0. The highest BCUT2D eigenvalue weighted by Gasteiger charge is 2.72. The van der Waals surface area contributed by atoms with E-state index in [4.69, 9.17) is 42.6 Å². The molecule has 2 atom stereocenters. The third kappa shape index (κ3) is 13.1. The monoisotopic (exact) mass is 683 g/mol. The SMILES string of the molecule is CCCCCOC(OCC)C(OCC)(OCC)N([C@@H](CCC(=O)O)C(=O)O)C(OCC)(OCC)C(OCC)(OCC)OCCCCC. The van der Waals surface area contributed by atoms with Crippen LogP contribution in [-0.4, -0.2) is 117 Å². The Kier molecular flexibility index (Phi) is 24.7. The molecule has 14 heteroatoms. The highest BCUT2D eigenvalue weighted by atomic mass is 16.9. The summed E-state index contributed by atoms with van der Waals surface area (Å²) in [5.74, 6) is -9.45. The zero-order valence-electron chi connectivity index (χ0n) is 30.5. The van der Waals surface area contributed by atoms with Crippen LogP contribution in [0.4, 0.5) is 0 Å². The molecule has 0 aromatic carbocycles. The topological polar surface area (TPSA) is 161 Å². The lowest BCUT2D eigenvalue weighted by Gasteiger charge is -2.58. The highest BCUT2D eigenvalue weighted by molar-refractivity contribution is 5.75. The van der Waals surface area contributed by atoms with Crippen LogP contribution in [0, 0.1) is 0 Å². The van der Waals surface area contributed by atoms with E-state index in [1.165, 1.54) is 4.90 Å². The number of aliphatic carboxylic acids is 2. The molecule has 0 heterocycles. The van der Waals surface area contributed by atoms with Crippen LogP contribution in [0.25, 0.3) is 0 Å². The largest absolute Gasteiger partial charge is 0.481 e. The number of unbranched alkanes of at least 4 members (excludes halogenated alkanes) is 4. The van der Waals surface area contributed by atoms with E-state index in [0.29, 0.717) is 12.8 Å². The van der Waals surface area contributed by atoms with Gasteiger partial charge in [-0.25, -0.2) is 0 Å². The zero-order valence-corrected chi connectivity index (χ0v) is 30.5. The van der Waals surface area contributed by atoms with E-state index < -0.39 is 54.9 Å². The molecule has 0 bridgehead atoms. The van der Waals surface area contributed by atoms with E-state index in [-0.39, 0.29) is 59.5 Å². The Labute approximate surface area is 282 Å². The molecule has 0 aromatic rings. The lowest BCUT2D eigenvalue weighted by molar-refractivity contribution is -0.569. The van der Waals surface area contributed by atoms with Crippen molar-refractivity contribution in [2.45, 2.75) is 144 Å². The fourth-order valence-corrected chi connectivity index (χ4v) is 5.28. The van der Waals surface area contributed by atoms with E-state index in [1.54, 1.807) is 48.5 Å². The summed E-state index contributed by atoms with van der Waals surface area (Å²) in [5, 5.41) is 20.7. The van der Waals surface area contributed by atoms with Crippen LogP contribution in [-0.2, 0) is 52.2 Å². The smallest absolute Gasteiger partial charge is 0.357 e. The summed E-state index contributed by atoms with van der Waals surface area (Å²) in [7, 11) is 0. The van der Waals surface area contributed by atoms with E-state index in [9.17, 15) is 19.8 Å². The van der Waals surface area contributed by atoms with E-state index in [0.717, 1.165) is 25.7 Å². The van der Waals surface area contributed by atoms with Gasteiger partial charge in [0.15, 0.2) is 0 Å². The maximum Gasteiger partial charge on any atom is 0.357 e. The molecular formula is C33H65NO13. The lowest BCUT2D eigenvalue weighted by atomic mass is 10.0. The molecule has 280 valence electrons.